The molecule has 3 N–H and O–H groups in total. The smallest absolute Gasteiger partial charge is 0.405 e. The molecule has 0 aliphatic carbocycles. The van der Waals surface area contributed by atoms with Gasteiger partial charge in [0.1, 0.15) is 0 Å². The zero-order valence-corrected chi connectivity index (χ0v) is 8.40. The van der Waals surface area contributed by atoms with Crippen LogP contribution in [0, 0.1) is 5.41 Å². The van der Waals surface area contributed by atoms with Gasteiger partial charge in [0, 0.05) is 0 Å². The number of H-pyrrole nitrogens is 1. The highest BCUT2D eigenvalue weighted by Crippen LogP contribution is 2.30. The Balaban J connectivity index is 2.89. The van der Waals surface area contributed by atoms with E-state index in [4.69, 9.17) is 5.11 Å². The molecule has 0 spiro atoms. The van der Waals surface area contributed by atoms with Gasteiger partial charge in [-0.25, -0.2) is 4.79 Å². The minimum absolute atomic E-state index is 0.230. The molecule has 0 saturated heterocycles. The van der Waals surface area contributed by atoms with Gasteiger partial charge in [-0.05, 0) is 5.41 Å². The second-order valence-electron chi connectivity index (χ2n) is 4.16. The molecule has 78 valence electrons. The van der Waals surface area contributed by atoms with E-state index in [9.17, 15) is 4.79 Å². The van der Waals surface area contributed by atoms with E-state index >= 15 is 0 Å². The normalized spacial score (nSPS) is 13.6. The molecule has 0 bridgehead atoms. The summed E-state index contributed by atoms with van der Waals surface area (Å²) in [4.78, 5) is 10.6. The summed E-state index contributed by atoms with van der Waals surface area (Å²) < 4.78 is 0. The van der Waals surface area contributed by atoms with E-state index in [-0.39, 0.29) is 11.5 Å². The fourth-order valence-electron chi connectivity index (χ4n) is 1.23. The third-order valence-electron chi connectivity index (χ3n) is 1.88. The van der Waals surface area contributed by atoms with Gasteiger partial charge < -0.3 is 10.4 Å². The summed E-state index contributed by atoms with van der Waals surface area (Å²) in [7, 11) is 0. The third kappa shape index (κ3) is 2.45. The van der Waals surface area contributed by atoms with E-state index in [0.29, 0.717) is 5.69 Å². The van der Waals surface area contributed by atoms with E-state index in [2.05, 4.69) is 20.7 Å². The van der Waals surface area contributed by atoms with Crippen LogP contribution in [0.3, 0.4) is 0 Å². The molecule has 14 heavy (non-hydrogen) atoms. The summed E-state index contributed by atoms with van der Waals surface area (Å²) in [5, 5.41) is 21.0. The predicted molar refractivity (Wildman–Crippen MR) is 49.7 cm³/mol. The molecule has 1 amide bonds. The van der Waals surface area contributed by atoms with Gasteiger partial charge in [-0.3, -0.25) is 5.10 Å². The average Bonchev–Trinajstić information content (AvgIpc) is 2.49. The molecule has 1 heterocycles. The largest absolute Gasteiger partial charge is 0.465 e. The molecule has 1 atom stereocenters. The second-order valence-corrected chi connectivity index (χ2v) is 4.16. The molecular weight excluding hydrogens is 184 g/mol. The highest BCUT2D eigenvalue weighted by atomic mass is 16.4. The van der Waals surface area contributed by atoms with Crippen molar-refractivity contribution in [1.29, 1.82) is 0 Å². The Morgan fingerprint density at radius 3 is 2.64 bits per heavy atom. The Morgan fingerprint density at radius 2 is 2.29 bits per heavy atom. The van der Waals surface area contributed by atoms with Crippen molar-refractivity contribution in [2.75, 3.05) is 0 Å². The first-order valence-electron chi connectivity index (χ1n) is 4.26. The Kier molecular flexibility index (Phi) is 2.73. The lowest BCUT2D eigenvalue weighted by Crippen LogP contribution is -2.35. The Hall–Kier alpha value is -1.59. The van der Waals surface area contributed by atoms with E-state index in [0.717, 1.165) is 0 Å². The van der Waals surface area contributed by atoms with Crippen LogP contribution in [0.15, 0.2) is 6.20 Å². The van der Waals surface area contributed by atoms with Crippen LogP contribution in [0.1, 0.15) is 32.5 Å². The summed E-state index contributed by atoms with van der Waals surface area (Å²) in [6, 6.07) is -0.338. The molecule has 0 fully saturated rings. The molecule has 0 aromatic carbocycles. The van der Waals surface area contributed by atoms with Crippen molar-refractivity contribution in [1.82, 2.24) is 20.7 Å². The lowest BCUT2D eigenvalue weighted by atomic mass is 9.85. The number of amides is 1. The molecule has 1 aromatic rings. The molecule has 0 aliphatic heterocycles. The first-order valence-corrected chi connectivity index (χ1v) is 4.26. The molecule has 6 nitrogen and oxygen atoms in total. The molecule has 0 saturated carbocycles. The van der Waals surface area contributed by atoms with Crippen LogP contribution in [0.5, 0.6) is 0 Å². The van der Waals surface area contributed by atoms with Gasteiger partial charge in [-0.1, -0.05) is 26.0 Å². The molecule has 0 aliphatic rings. The van der Waals surface area contributed by atoms with Crippen LogP contribution in [0.2, 0.25) is 0 Å². The lowest BCUT2D eigenvalue weighted by molar-refractivity contribution is 0.174. The number of rotatable bonds is 2. The van der Waals surface area contributed by atoms with Crippen molar-refractivity contribution in [3.8, 4) is 0 Å². The van der Waals surface area contributed by atoms with Gasteiger partial charge in [0.05, 0.1) is 17.9 Å². The van der Waals surface area contributed by atoms with Gasteiger partial charge in [0.25, 0.3) is 0 Å². The minimum atomic E-state index is -1.06. The molecule has 6 heteroatoms. The second kappa shape index (κ2) is 3.65. The van der Waals surface area contributed by atoms with Crippen molar-refractivity contribution >= 4 is 6.09 Å². The van der Waals surface area contributed by atoms with Gasteiger partial charge in [0.15, 0.2) is 0 Å². The van der Waals surface area contributed by atoms with Crippen molar-refractivity contribution in [2.45, 2.75) is 26.8 Å². The van der Waals surface area contributed by atoms with E-state index < -0.39 is 6.09 Å². The molecule has 1 rings (SSSR count). The minimum Gasteiger partial charge on any atom is -0.465 e. The number of hydrogen-bond acceptors (Lipinski definition) is 3. The summed E-state index contributed by atoms with van der Waals surface area (Å²) in [5.74, 6) is 0. The van der Waals surface area contributed by atoms with Gasteiger partial charge in [-0.2, -0.15) is 0 Å². The third-order valence-corrected chi connectivity index (χ3v) is 1.88. The van der Waals surface area contributed by atoms with E-state index in [1.807, 2.05) is 20.8 Å². The number of aromatic amines is 1. The maximum atomic E-state index is 10.6. The highest BCUT2D eigenvalue weighted by molar-refractivity contribution is 5.65. The maximum Gasteiger partial charge on any atom is 0.405 e. The number of hydrogen-bond donors (Lipinski definition) is 3. The topological polar surface area (TPSA) is 90.9 Å². The average molecular weight is 198 g/mol. The van der Waals surface area contributed by atoms with Gasteiger partial charge >= 0.3 is 6.09 Å². The monoisotopic (exact) mass is 198 g/mol. The summed E-state index contributed by atoms with van der Waals surface area (Å²) in [6.45, 7) is 5.82. The molecule has 0 radical (unpaired) electrons. The quantitative estimate of drug-likeness (QED) is 0.665. The summed E-state index contributed by atoms with van der Waals surface area (Å²) in [5.41, 5.74) is 0.437. The molecular formula is C8H14N4O2. The van der Waals surface area contributed by atoms with Crippen LogP contribution >= 0.6 is 0 Å². The molecule has 1 aromatic heterocycles. The molecule has 1 unspecified atom stereocenters. The zero-order chi connectivity index (χ0) is 10.8. The lowest BCUT2D eigenvalue weighted by Gasteiger charge is -2.28. The summed E-state index contributed by atoms with van der Waals surface area (Å²) in [6.07, 6.45) is 0.464. The Labute approximate surface area is 81.7 Å². The maximum absolute atomic E-state index is 10.6. The van der Waals surface area contributed by atoms with E-state index in [1.165, 1.54) is 6.20 Å². The van der Waals surface area contributed by atoms with Crippen LogP contribution in [0.4, 0.5) is 4.79 Å². The number of carbonyl (C=O) groups is 1. The zero-order valence-electron chi connectivity index (χ0n) is 8.40. The number of nitrogens with zero attached hydrogens (tertiary/aromatic N) is 2. The van der Waals surface area contributed by atoms with Crippen LogP contribution < -0.4 is 5.32 Å². The van der Waals surface area contributed by atoms with E-state index in [1.54, 1.807) is 0 Å². The first-order chi connectivity index (χ1) is 6.41. The first kappa shape index (κ1) is 10.5. The van der Waals surface area contributed by atoms with Crippen molar-refractivity contribution in [3.63, 3.8) is 0 Å². The predicted octanol–water partition coefficient (Wildman–Crippen LogP) is 1.16. The number of nitrogens with one attached hydrogen (secondary N) is 2. The van der Waals surface area contributed by atoms with Gasteiger partial charge in [-0.15, -0.1) is 5.10 Å². The standard InChI is InChI=1S/C8H14N4O2/c1-8(2,3)6(10-7(13)14)5-4-9-12-11-5/h4,6,10H,1-3H3,(H,13,14)(H,9,11,12). The number of aromatic nitrogens is 3. The number of carboxylic acid groups (broad SMARTS) is 1. The Morgan fingerprint density at radius 1 is 1.64 bits per heavy atom. The Bertz CT molecular complexity index is 302. The van der Waals surface area contributed by atoms with Crippen molar-refractivity contribution < 1.29 is 9.90 Å². The fourth-order valence-corrected chi connectivity index (χ4v) is 1.23. The van der Waals surface area contributed by atoms with Crippen molar-refractivity contribution in [3.05, 3.63) is 11.9 Å². The van der Waals surface area contributed by atoms with Crippen LogP contribution in [-0.2, 0) is 0 Å². The van der Waals surface area contributed by atoms with Crippen molar-refractivity contribution in [2.24, 2.45) is 5.41 Å². The van der Waals surface area contributed by atoms with Crippen LogP contribution in [-0.4, -0.2) is 26.6 Å². The SMILES string of the molecule is CC(C)(C)C(NC(=O)O)c1cnn[nH]1. The highest BCUT2D eigenvalue weighted by Gasteiger charge is 2.29. The summed E-state index contributed by atoms with van der Waals surface area (Å²) >= 11 is 0. The van der Waals surface area contributed by atoms with Gasteiger partial charge in [0.2, 0.25) is 0 Å². The van der Waals surface area contributed by atoms with Crippen LogP contribution in [0.25, 0.3) is 0 Å². The fraction of sp³-hybridized carbons (Fsp3) is 0.625.